The lowest BCUT2D eigenvalue weighted by atomic mass is 10.1. The second-order valence-electron chi connectivity index (χ2n) is 8.22. The molecular weight excluding hydrogens is 450 g/mol. The van der Waals surface area contributed by atoms with E-state index < -0.39 is 0 Å². The minimum Gasteiger partial charge on any atom is -0.486 e. The predicted octanol–water partition coefficient (Wildman–Crippen LogP) is 4.53. The number of nitrogens with one attached hydrogen (secondary N) is 2. The van der Waals surface area contributed by atoms with Crippen molar-refractivity contribution in [3.8, 4) is 11.5 Å². The fourth-order valence-electron chi connectivity index (χ4n) is 4.00. The summed E-state index contributed by atoms with van der Waals surface area (Å²) in [7, 11) is 0. The monoisotopic (exact) mass is 475 g/mol. The number of nitrogens with zero attached hydrogens (tertiary/aromatic N) is 1. The van der Waals surface area contributed by atoms with Gasteiger partial charge in [-0.25, -0.2) is 0 Å². The normalized spacial score (nSPS) is 13.4. The lowest BCUT2D eigenvalue weighted by molar-refractivity contribution is 0.172. The van der Waals surface area contributed by atoms with Crippen LogP contribution in [0.1, 0.15) is 29.9 Å². The molecule has 0 bridgehead atoms. The Morgan fingerprint density at radius 3 is 2.56 bits per heavy atom. The van der Waals surface area contributed by atoms with E-state index in [9.17, 15) is 4.79 Å². The third-order valence-corrected chi connectivity index (χ3v) is 6.17. The maximum absolute atomic E-state index is 13.0. The zero-order valence-electron chi connectivity index (χ0n) is 18.7. The lowest BCUT2D eigenvalue weighted by Crippen LogP contribution is -2.41. The van der Waals surface area contributed by atoms with E-state index in [1.165, 1.54) is 0 Å². The Morgan fingerprint density at radius 1 is 1.06 bits per heavy atom. The number of fused-ring (bicyclic) bond motifs is 2. The molecule has 0 fully saturated rings. The molecule has 0 saturated carbocycles. The van der Waals surface area contributed by atoms with E-state index in [-0.39, 0.29) is 11.6 Å². The first-order valence-corrected chi connectivity index (χ1v) is 11.6. The Labute approximate surface area is 202 Å². The zero-order chi connectivity index (χ0) is 23.5. The molecule has 8 heteroatoms. The Kier molecular flexibility index (Phi) is 6.22. The fourth-order valence-corrected chi connectivity index (χ4v) is 4.31. The summed E-state index contributed by atoms with van der Waals surface area (Å²) in [6, 6.07) is 19.4. The molecule has 0 radical (unpaired) electrons. The molecule has 34 heavy (non-hydrogen) atoms. The standard InChI is InChI=1S/C26H25N3O4S/c1-17(18-6-3-2-4-7-18)27-26(34)29(16-21-8-5-9-31-21)15-20-12-19-13-23-24(33-11-10-32-23)14-22(19)28-25(20)30/h2-9,12-14,17H,10-11,15-16H2,1H3,(H,27,34)(H,28,30)/t17-/m0/s1. The van der Waals surface area contributed by atoms with Gasteiger partial charge < -0.3 is 29.1 Å². The second kappa shape index (κ2) is 9.61. The first-order valence-electron chi connectivity index (χ1n) is 11.1. The Balaban J connectivity index is 1.42. The topological polar surface area (TPSA) is 79.7 Å². The first kappa shape index (κ1) is 22.0. The molecule has 0 unspecified atom stereocenters. The smallest absolute Gasteiger partial charge is 0.253 e. The highest BCUT2D eigenvalue weighted by atomic mass is 32.1. The highest BCUT2D eigenvalue weighted by Gasteiger charge is 2.19. The van der Waals surface area contributed by atoms with Crippen LogP contribution < -0.4 is 20.3 Å². The van der Waals surface area contributed by atoms with Crippen LogP contribution in [0.5, 0.6) is 11.5 Å². The Hall–Kier alpha value is -3.78. The maximum Gasteiger partial charge on any atom is 0.253 e. The molecular formula is C26H25N3O4S. The van der Waals surface area contributed by atoms with Crippen molar-refractivity contribution in [2.45, 2.75) is 26.1 Å². The average Bonchev–Trinajstić information content (AvgIpc) is 3.36. The molecule has 0 aliphatic carbocycles. The largest absolute Gasteiger partial charge is 0.486 e. The van der Waals surface area contributed by atoms with Gasteiger partial charge in [-0.05, 0) is 49.0 Å². The molecule has 1 aliphatic heterocycles. The van der Waals surface area contributed by atoms with Gasteiger partial charge in [0.2, 0.25) is 0 Å². The lowest BCUT2D eigenvalue weighted by Gasteiger charge is -2.27. The number of rotatable bonds is 6. The van der Waals surface area contributed by atoms with Gasteiger partial charge in [0.15, 0.2) is 16.6 Å². The number of hydrogen-bond donors (Lipinski definition) is 2. The summed E-state index contributed by atoms with van der Waals surface area (Å²) in [5.41, 5.74) is 2.24. The zero-order valence-corrected chi connectivity index (χ0v) is 19.6. The van der Waals surface area contributed by atoms with E-state index in [2.05, 4.69) is 29.4 Å². The van der Waals surface area contributed by atoms with Gasteiger partial charge in [0.25, 0.3) is 5.56 Å². The summed E-state index contributed by atoms with van der Waals surface area (Å²) >= 11 is 5.77. The van der Waals surface area contributed by atoms with Gasteiger partial charge >= 0.3 is 0 Å². The van der Waals surface area contributed by atoms with E-state index in [0.29, 0.717) is 54.0 Å². The van der Waals surface area contributed by atoms with Crippen LogP contribution in [0.25, 0.3) is 10.9 Å². The van der Waals surface area contributed by atoms with Crippen LogP contribution in [0.15, 0.2) is 76.1 Å². The SMILES string of the molecule is C[C@H](NC(=S)N(Cc1ccco1)Cc1cc2cc3c(cc2[nH]c1=O)OCCO3)c1ccccc1. The number of furan rings is 1. The molecule has 0 spiro atoms. The predicted molar refractivity (Wildman–Crippen MR) is 134 cm³/mol. The van der Waals surface area contributed by atoms with Crippen LogP contribution in [-0.2, 0) is 13.1 Å². The number of pyridine rings is 1. The molecule has 0 amide bonds. The van der Waals surface area contributed by atoms with E-state index >= 15 is 0 Å². The van der Waals surface area contributed by atoms with Crippen LogP contribution in [0.2, 0.25) is 0 Å². The summed E-state index contributed by atoms with van der Waals surface area (Å²) in [6.45, 7) is 3.80. The van der Waals surface area contributed by atoms with E-state index in [1.54, 1.807) is 6.26 Å². The molecule has 2 aromatic heterocycles. The highest BCUT2D eigenvalue weighted by molar-refractivity contribution is 7.80. The van der Waals surface area contributed by atoms with Crippen molar-refractivity contribution in [2.75, 3.05) is 13.2 Å². The van der Waals surface area contributed by atoms with Crippen molar-refractivity contribution in [1.82, 2.24) is 15.2 Å². The molecule has 174 valence electrons. The first-order chi connectivity index (χ1) is 16.6. The van der Waals surface area contributed by atoms with Crippen molar-refractivity contribution in [3.05, 3.63) is 94.2 Å². The fraction of sp³-hybridized carbons (Fsp3) is 0.231. The Bertz CT molecular complexity index is 1350. The minimum absolute atomic E-state index is 0.00589. The molecule has 3 heterocycles. The molecule has 2 N–H and O–H groups in total. The number of benzene rings is 2. The summed E-state index contributed by atoms with van der Waals surface area (Å²) in [5.74, 6) is 2.08. The van der Waals surface area contributed by atoms with Crippen molar-refractivity contribution in [3.63, 3.8) is 0 Å². The van der Waals surface area contributed by atoms with Crippen molar-refractivity contribution >= 4 is 28.2 Å². The second-order valence-corrected chi connectivity index (χ2v) is 8.61. The number of H-pyrrole nitrogens is 1. The van der Waals surface area contributed by atoms with Gasteiger partial charge in [-0.1, -0.05) is 30.3 Å². The number of aromatic nitrogens is 1. The van der Waals surface area contributed by atoms with Crippen LogP contribution in [0, 0.1) is 0 Å². The quantitative estimate of drug-likeness (QED) is 0.397. The molecule has 2 aromatic carbocycles. The van der Waals surface area contributed by atoms with Crippen molar-refractivity contribution in [1.29, 1.82) is 0 Å². The van der Waals surface area contributed by atoms with E-state index in [1.807, 2.05) is 53.4 Å². The molecule has 5 rings (SSSR count). The van der Waals surface area contributed by atoms with Gasteiger partial charge in [-0.3, -0.25) is 4.79 Å². The molecule has 1 aliphatic rings. The average molecular weight is 476 g/mol. The van der Waals surface area contributed by atoms with Gasteiger partial charge in [0, 0.05) is 17.0 Å². The van der Waals surface area contributed by atoms with Crippen LogP contribution in [0.3, 0.4) is 0 Å². The highest BCUT2D eigenvalue weighted by Crippen LogP contribution is 2.33. The minimum atomic E-state index is -0.174. The summed E-state index contributed by atoms with van der Waals surface area (Å²) in [5, 5.41) is 4.80. The number of aromatic amines is 1. The van der Waals surface area contributed by atoms with Crippen molar-refractivity contribution < 1.29 is 13.9 Å². The van der Waals surface area contributed by atoms with Crippen LogP contribution >= 0.6 is 12.2 Å². The summed E-state index contributed by atoms with van der Waals surface area (Å²) in [6.07, 6.45) is 1.63. The number of ether oxygens (including phenoxy) is 2. The third kappa shape index (κ3) is 4.77. The van der Waals surface area contributed by atoms with Crippen molar-refractivity contribution in [2.24, 2.45) is 0 Å². The van der Waals surface area contributed by atoms with E-state index in [4.69, 9.17) is 26.1 Å². The molecule has 4 aromatic rings. The van der Waals surface area contributed by atoms with E-state index in [0.717, 1.165) is 16.7 Å². The Morgan fingerprint density at radius 2 is 1.82 bits per heavy atom. The summed E-state index contributed by atoms with van der Waals surface area (Å²) < 4.78 is 16.9. The number of thiocarbonyl (C=S) groups is 1. The third-order valence-electron chi connectivity index (χ3n) is 5.80. The maximum atomic E-state index is 13.0. The molecule has 1 atom stereocenters. The molecule has 7 nitrogen and oxygen atoms in total. The molecule has 0 saturated heterocycles. The van der Waals surface area contributed by atoms with Gasteiger partial charge in [0.05, 0.1) is 30.9 Å². The van der Waals surface area contributed by atoms with Gasteiger partial charge in [-0.2, -0.15) is 0 Å². The van der Waals surface area contributed by atoms with Crippen LogP contribution in [-0.4, -0.2) is 28.2 Å². The van der Waals surface area contributed by atoms with Gasteiger partial charge in [-0.15, -0.1) is 0 Å². The van der Waals surface area contributed by atoms with Gasteiger partial charge in [0.1, 0.15) is 19.0 Å². The summed E-state index contributed by atoms with van der Waals surface area (Å²) in [4.78, 5) is 17.9. The van der Waals surface area contributed by atoms with Crippen LogP contribution in [0.4, 0.5) is 0 Å². The number of hydrogen-bond acceptors (Lipinski definition) is 5.